The zero-order chi connectivity index (χ0) is 13.8. The van der Waals surface area contributed by atoms with E-state index < -0.39 is 11.5 Å². The Kier molecular flexibility index (Phi) is 5.60. The summed E-state index contributed by atoms with van der Waals surface area (Å²) in [4.78, 5) is 12.1. The zero-order valence-corrected chi connectivity index (χ0v) is 11.9. The maximum absolute atomic E-state index is 12.1. The average Bonchev–Trinajstić information content (AvgIpc) is 2.28. The van der Waals surface area contributed by atoms with Crippen molar-refractivity contribution in [3.8, 4) is 0 Å². The molecule has 1 heterocycles. The van der Waals surface area contributed by atoms with E-state index in [-0.39, 0.29) is 18.0 Å². The van der Waals surface area contributed by atoms with Gasteiger partial charge in [-0.05, 0) is 19.3 Å². The Morgan fingerprint density at radius 1 is 1.50 bits per heavy atom. The molecule has 3 atom stereocenters. The molecule has 1 saturated heterocycles. The minimum Gasteiger partial charge on any atom is -0.466 e. The molecule has 1 N–H and O–H groups in total. The van der Waals surface area contributed by atoms with Crippen LogP contribution in [0.5, 0.6) is 0 Å². The minimum absolute atomic E-state index is 0.0411. The average molecular weight is 258 g/mol. The molecule has 0 bridgehead atoms. The standard InChI is InChI=1S/C14H26O4/c1-5-11-9-14(16,7-8-18-11)12(10(3)4)13(15)17-6-2/h10-12,16H,5-9H2,1-4H3. The lowest BCUT2D eigenvalue weighted by Crippen LogP contribution is -2.51. The van der Waals surface area contributed by atoms with Crippen LogP contribution in [0.15, 0.2) is 0 Å². The van der Waals surface area contributed by atoms with Crippen molar-refractivity contribution in [2.24, 2.45) is 11.8 Å². The number of hydrogen-bond acceptors (Lipinski definition) is 4. The molecule has 0 aromatic heterocycles. The highest BCUT2D eigenvalue weighted by molar-refractivity contribution is 5.74. The summed E-state index contributed by atoms with van der Waals surface area (Å²) in [5.74, 6) is -0.688. The Labute approximate surface area is 110 Å². The third-order valence-corrected chi connectivity index (χ3v) is 3.71. The highest BCUT2D eigenvalue weighted by atomic mass is 16.5. The number of ether oxygens (including phenoxy) is 2. The number of esters is 1. The Morgan fingerprint density at radius 3 is 2.67 bits per heavy atom. The Balaban J connectivity index is 2.85. The van der Waals surface area contributed by atoms with Gasteiger partial charge >= 0.3 is 5.97 Å². The van der Waals surface area contributed by atoms with Gasteiger partial charge in [-0.1, -0.05) is 20.8 Å². The molecule has 106 valence electrons. The fraction of sp³-hybridized carbons (Fsp3) is 0.929. The predicted molar refractivity (Wildman–Crippen MR) is 69.2 cm³/mol. The predicted octanol–water partition coefficient (Wildman–Crippen LogP) is 2.14. The van der Waals surface area contributed by atoms with Gasteiger partial charge in [0.05, 0.1) is 24.2 Å². The molecule has 0 saturated carbocycles. The van der Waals surface area contributed by atoms with E-state index in [0.29, 0.717) is 26.1 Å². The van der Waals surface area contributed by atoms with Gasteiger partial charge < -0.3 is 14.6 Å². The molecule has 0 aliphatic carbocycles. The van der Waals surface area contributed by atoms with Crippen LogP contribution in [-0.2, 0) is 14.3 Å². The van der Waals surface area contributed by atoms with E-state index in [1.165, 1.54) is 0 Å². The Hall–Kier alpha value is -0.610. The van der Waals surface area contributed by atoms with E-state index >= 15 is 0 Å². The van der Waals surface area contributed by atoms with Crippen molar-refractivity contribution in [3.05, 3.63) is 0 Å². The van der Waals surface area contributed by atoms with E-state index in [2.05, 4.69) is 0 Å². The summed E-state index contributed by atoms with van der Waals surface area (Å²) < 4.78 is 10.7. The van der Waals surface area contributed by atoms with Gasteiger partial charge in [-0.2, -0.15) is 0 Å². The second kappa shape index (κ2) is 6.53. The van der Waals surface area contributed by atoms with Crippen molar-refractivity contribution in [1.29, 1.82) is 0 Å². The van der Waals surface area contributed by atoms with Crippen LogP contribution in [-0.4, -0.2) is 36.0 Å². The molecule has 1 rings (SSSR count). The van der Waals surface area contributed by atoms with Crippen LogP contribution in [0.4, 0.5) is 0 Å². The van der Waals surface area contributed by atoms with E-state index in [1.807, 2.05) is 20.8 Å². The van der Waals surface area contributed by atoms with Gasteiger partial charge in [0, 0.05) is 19.4 Å². The van der Waals surface area contributed by atoms with Gasteiger partial charge in [-0.25, -0.2) is 0 Å². The molecule has 0 aromatic carbocycles. The van der Waals surface area contributed by atoms with Gasteiger partial charge in [0.15, 0.2) is 0 Å². The maximum atomic E-state index is 12.1. The van der Waals surface area contributed by atoms with Crippen molar-refractivity contribution in [2.45, 2.75) is 58.7 Å². The first-order chi connectivity index (χ1) is 8.44. The highest BCUT2D eigenvalue weighted by Crippen LogP contribution is 2.37. The maximum Gasteiger partial charge on any atom is 0.312 e. The lowest BCUT2D eigenvalue weighted by Gasteiger charge is -2.42. The van der Waals surface area contributed by atoms with E-state index in [4.69, 9.17) is 9.47 Å². The molecule has 1 fully saturated rings. The third kappa shape index (κ3) is 3.45. The van der Waals surface area contributed by atoms with E-state index in [0.717, 1.165) is 6.42 Å². The van der Waals surface area contributed by atoms with Gasteiger partial charge in [0.1, 0.15) is 0 Å². The summed E-state index contributed by atoms with van der Waals surface area (Å²) in [7, 11) is 0. The van der Waals surface area contributed by atoms with Gasteiger partial charge in [-0.3, -0.25) is 4.79 Å². The third-order valence-electron chi connectivity index (χ3n) is 3.71. The number of carbonyl (C=O) groups is 1. The van der Waals surface area contributed by atoms with E-state index in [1.54, 1.807) is 6.92 Å². The Morgan fingerprint density at radius 2 is 2.17 bits per heavy atom. The second-order valence-electron chi connectivity index (χ2n) is 5.43. The van der Waals surface area contributed by atoms with Crippen molar-refractivity contribution in [1.82, 2.24) is 0 Å². The molecule has 4 heteroatoms. The summed E-state index contributed by atoms with van der Waals surface area (Å²) >= 11 is 0. The summed E-state index contributed by atoms with van der Waals surface area (Å²) in [6, 6.07) is 0. The van der Waals surface area contributed by atoms with Crippen LogP contribution in [0.3, 0.4) is 0 Å². The molecule has 0 radical (unpaired) electrons. The minimum atomic E-state index is -0.987. The van der Waals surface area contributed by atoms with Crippen LogP contribution in [0.1, 0.15) is 47.0 Å². The first-order valence-corrected chi connectivity index (χ1v) is 6.95. The number of hydrogen-bond donors (Lipinski definition) is 1. The van der Waals surface area contributed by atoms with Gasteiger partial charge in [0.2, 0.25) is 0 Å². The monoisotopic (exact) mass is 258 g/mol. The smallest absolute Gasteiger partial charge is 0.312 e. The zero-order valence-electron chi connectivity index (χ0n) is 11.9. The molecule has 18 heavy (non-hydrogen) atoms. The van der Waals surface area contributed by atoms with Crippen molar-refractivity contribution < 1.29 is 19.4 Å². The SMILES string of the molecule is CCOC(=O)C(C(C)C)C1(O)CCOC(CC)C1. The van der Waals surface area contributed by atoms with Gasteiger partial charge in [0.25, 0.3) is 0 Å². The summed E-state index contributed by atoms with van der Waals surface area (Å²) in [5.41, 5.74) is -0.987. The first-order valence-electron chi connectivity index (χ1n) is 6.95. The van der Waals surface area contributed by atoms with E-state index in [9.17, 15) is 9.90 Å². The molecule has 1 aliphatic heterocycles. The van der Waals surface area contributed by atoms with Crippen LogP contribution in [0.25, 0.3) is 0 Å². The van der Waals surface area contributed by atoms with Gasteiger partial charge in [-0.15, -0.1) is 0 Å². The first kappa shape index (κ1) is 15.4. The lowest BCUT2D eigenvalue weighted by atomic mass is 9.73. The molecule has 4 nitrogen and oxygen atoms in total. The Bertz CT molecular complexity index is 277. The lowest BCUT2D eigenvalue weighted by molar-refractivity contribution is -0.177. The second-order valence-corrected chi connectivity index (χ2v) is 5.43. The molecular formula is C14H26O4. The fourth-order valence-corrected chi connectivity index (χ4v) is 2.85. The molecule has 1 aliphatic rings. The van der Waals surface area contributed by atoms with Crippen molar-refractivity contribution in [3.63, 3.8) is 0 Å². The normalized spacial score (nSPS) is 30.2. The molecular weight excluding hydrogens is 232 g/mol. The number of carbonyl (C=O) groups excluding carboxylic acids is 1. The van der Waals surface area contributed by atoms with Crippen LogP contribution < -0.4 is 0 Å². The quantitative estimate of drug-likeness (QED) is 0.768. The molecule has 0 spiro atoms. The number of aliphatic hydroxyl groups is 1. The summed E-state index contributed by atoms with van der Waals surface area (Å²) in [6.07, 6.45) is 1.92. The van der Waals surface area contributed by atoms with Crippen LogP contribution >= 0.6 is 0 Å². The highest BCUT2D eigenvalue weighted by Gasteiger charge is 2.47. The van der Waals surface area contributed by atoms with Crippen LogP contribution in [0.2, 0.25) is 0 Å². The largest absolute Gasteiger partial charge is 0.466 e. The van der Waals surface area contributed by atoms with Crippen molar-refractivity contribution >= 4 is 5.97 Å². The topological polar surface area (TPSA) is 55.8 Å². The fourth-order valence-electron chi connectivity index (χ4n) is 2.85. The molecule has 0 aromatic rings. The summed E-state index contributed by atoms with van der Waals surface area (Å²) in [6.45, 7) is 8.60. The summed E-state index contributed by atoms with van der Waals surface area (Å²) in [5, 5.41) is 10.8. The van der Waals surface area contributed by atoms with Crippen molar-refractivity contribution in [2.75, 3.05) is 13.2 Å². The molecule has 3 unspecified atom stereocenters. The molecule has 0 amide bonds. The van der Waals surface area contributed by atoms with Crippen LogP contribution in [0, 0.1) is 11.8 Å². The number of rotatable bonds is 5.